The molecule has 38 heavy (non-hydrogen) atoms. The fourth-order valence-electron chi connectivity index (χ4n) is 3.98. The number of aromatic nitrogens is 4. The highest BCUT2D eigenvalue weighted by molar-refractivity contribution is 7.91. The quantitative estimate of drug-likeness (QED) is 0.294. The van der Waals surface area contributed by atoms with E-state index in [4.69, 9.17) is 4.74 Å². The third-order valence-electron chi connectivity index (χ3n) is 5.55. The van der Waals surface area contributed by atoms with E-state index in [1.54, 1.807) is 29.1 Å². The summed E-state index contributed by atoms with van der Waals surface area (Å²) in [7, 11) is -3.96. The monoisotopic (exact) mass is 555 g/mol. The van der Waals surface area contributed by atoms with E-state index in [-0.39, 0.29) is 26.7 Å². The van der Waals surface area contributed by atoms with Gasteiger partial charge in [-0.3, -0.25) is 14.6 Å². The minimum Gasteiger partial charge on any atom is -0.374 e. The molecule has 3 heterocycles. The van der Waals surface area contributed by atoms with Crippen LogP contribution in [0.3, 0.4) is 0 Å². The number of sulfonamides is 1. The number of nitrogens with zero attached hydrogens (tertiary/aromatic N) is 1. The lowest BCUT2D eigenvalue weighted by atomic mass is 9.97. The van der Waals surface area contributed by atoms with Gasteiger partial charge in [0.2, 0.25) is 10.0 Å². The Kier molecular flexibility index (Phi) is 7.03. The minimum absolute atomic E-state index is 0.199. The van der Waals surface area contributed by atoms with Crippen LogP contribution in [0.5, 0.6) is 0 Å². The summed E-state index contributed by atoms with van der Waals surface area (Å²) in [6, 6.07) is 8.51. The molecule has 0 amide bonds. The molecule has 1 aliphatic rings. The normalized spacial score (nSPS) is 15.8. The number of fused-ring (bicyclic) bond motifs is 2. The Bertz CT molecular complexity index is 1870. The van der Waals surface area contributed by atoms with E-state index in [0.29, 0.717) is 36.4 Å². The zero-order valence-corrected chi connectivity index (χ0v) is 20.3. The number of hydrogen-bond acceptors (Lipinski definition) is 7. The molecule has 1 saturated heterocycles. The van der Waals surface area contributed by atoms with Gasteiger partial charge in [-0.1, -0.05) is 12.1 Å². The van der Waals surface area contributed by atoms with Crippen LogP contribution in [0.1, 0.15) is 30.1 Å². The first-order valence-electron chi connectivity index (χ1n) is 11.0. The standard InChI is InChI=1S/C14H14F3N3O5S.C8H6N2O2/c1-26(23,24)19-20-12(21)8-5-7(11-3-2-4-25-11)9(14(15,16)17)6-10(8)18-13(20)22;11-7-5-3-1-2-4-6(5)9-8(12)10-7/h5-6,11,19H,2-4H2,1H3,(H,18,22);1-4H,(H2,9,10,11,12)/t11-;/m1./s1. The van der Waals surface area contributed by atoms with Crippen molar-refractivity contribution in [2.45, 2.75) is 25.1 Å². The summed E-state index contributed by atoms with van der Waals surface area (Å²) < 4.78 is 68.4. The summed E-state index contributed by atoms with van der Waals surface area (Å²) >= 11 is 0. The minimum atomic E-state index is -4.72. The summed E-state index contributed by atoms with van der Waals surface area (Å²) in [6.45, 7) is 0.297. The lowest BCUT2D eigenvalue weighted by Crippen LogP contribution is -2.43. The molecule has 5 rings (SSSR count). The maximum Gasteiger partial charge on any atom is 0.416 e. The van der Waals surface area contributed by atoms with E-state index in [1.807, 2.05) is 0 Å². The van der Waals surface area contributed by atoms with Crippen LogP contribution in [0.25, 0.3) is 21.8 Å². The van der Waals surface area contributed by atoms with E-state index in [0.717, 1.165) is 12.3 Å². The number of para-hydroxylation sites is 1. The summed E-state index contributed by atoms with van der Waals surface area (Å²) in [6.07, 6.45) is -3.89. The van der Waals surface area contributed by atoms with Crippen LogP contribution in [0.15, 0.2) is 55.6 Å². The number of rotatable bonds is 3. The van der Waals surface area contributed by atoms with Crippen LogP contribution < -0.4 is 27.3 Å². The zero-order valence-electron chi connectivity index (χ0n) is 19.5. The average molecular weight is 555 g/mol. The number of benzene rings is 2. The molecule has 1 aliphatic heterocycles. The lowest BCUT2D eigenvalue weighted by molar-refractivity contribution is -0.139. The molecule has 0 aliphatic carbocycles. The SMILES string of the molecule is CS(=O)(=O)Nn1c(=O)[nH]c2cc(C(F)(F)F)c([C@H]3CCCO3)cc2c1=O.O=c1[nH]c(=O)c2ccccc2[nH]1. The number of nitrogens with one attached hydrogen (secondary N) is 4. The van der Waals surface area contributed by atoms with Gasteiger partial charge in [0.05, 0.1) is 39.7 Å². The number of halogens is 3. The number of alkyl halides is 3. The predicted octanol–water partition coefficient (Wildman–Crippen LogP) is 1.28. The van der Waals surface area contributed by atoms with Crippen molar-refractivity contribution in [3.63, 3.8) is 0 Å². The van der Waals surface area contributed by atoms with Crippen molar-refractivity contribution in [3.8, 4) is 0 Å². The third-order valence-corrected chi connectivity index (χ3v) is 6.07. The maximum absolute atomic E-state index is 13.4. The Balaban J connectivity index is 0.000000232. The largest absolute Gasteiger partial charge is 0.416 e. The highest BCUT2D eigenvalue weighted by Crippen LogP contribution is 2.40. The van der Waals surface area contributed by atoms with E-state index in [1.165, 1.54) is 0 Å². The van der Waals surface area contributed by atoms with E-state index in [2.05, 4.69) is 15.0 Å². The van der Waals surface area contributed by atoms with Crippen LogP contribution >= 0.6 is 0 Å². The van der Waals surface area contributed by atoms with Gasteiger partial charge in [0.25, 0.3) is 11.1 Å². The molecule has 1 fully saturated rings. The van der Waals surface area contributed by atoms with Crippen molar-refractivity contribution >= 4 is 31.8 Å². The molecule has 0 saturated carbocycles. The van der Waals surface area contributed by atoms with Gasteiger partial charge >= 0.3 is 17.6 Å². The Morgan fingerprint density at radius 1 is 1.00 bits per heavy atom. The van der Waals surface area contributed by atoms with E-state index in [9.17, 15) is 40.8 Å². The van der Waals surface area contributed by atoms with Gasteiger partial charge in [0.15, 0.2) is 0 Å². The van der Waals surface area contributed by atoms with Crippen molar-refractivity contribution in [1.29, 1.82) is 0 Å². The lowest BCUT2D eigenvalue weighted by Gasteiger charge is -2.18. The molecule has 0 unspecified atom stereocenters. The molecule has 202 valence electrons. The summed E-state index contributed by atoms with van der Waals surface area (Å²) in [5, 5.41) is 0.233. The topological polar surface area (TPSA) is 176 Å². The maximum atomic E-state index is 13.4. The van der Waals surface area contributed by atoms with Gasteiger partial charge in [-0.05, 0) is 42.7 Å². The van der Waals surface area contributed by atoms with Crippen molar-refractivity contribution in [2.75, 3.05) is 17.7 Å². The molecular formula is C22H20F3N5O7S. The molecule has 4 N–H and O–H groups in total. The Hall–Kier alpha value is -4.18. The zero-order chi connectivity index (χ0) is 27.8. The first-order chi connectivity index (χ1) is 17.7. The predicted molar refractivity (Wildman–Crippen MR) is 131 cm³/mol. The van der Waals surface area contributed by atoms with Crippen molar-refractivity contribution in [2.24, 2.45) is 0 Å². The molecule has 1 atom stereocenters. The molecule has 0 bridgehead atoms. The molecule has 0 radical (unpaired) electrons. The Morgan fingerprint density at radius 3 is 2.34 bits per heavy atom. The highest BCUT2D eigenvalue weighted by Gasteiger charge is 2.37. The van der Waals surface area contributed by atoms with Crippen LogP contribution in [0.4, 0.5) is 13.2 Å². The van der Waals surface area contributed by atoms with Gasteiger partial charge in [-0.2, -0.15) is 17.8 Å². The fraction of sp³-hybridized carbons (Fsp3) is 0.273. The van der Waals surface area contributed by atoms with Crippen LogP contribution in [0, 0.1) is 0 Å². The number of hydrogen-bond donors (Lipinski definition) is 4. The third kappa shape index (κ3) is 5.70. The van der Waals surface area contributed by atoms with Gasteiger partial charge in [0.1, 0.15) is 0 Å². The molecule has 12 nitrogen and oxygen atoms in total. The Morgan fingerprint density at radius 2 is 1.71 bits per heavy atom. The highest BCUT2D eigenvalue weighted by atomic mass is 32.2. The summed E-state index contributed by atoms with van der Waals surface area (Å²) in [4.78, 5) is 54.8. The van der Waals surface area contributed by atoms with Gasteiger partial charge in [-0.25, -0.2) is 22.8 Å². The number of H-pyrrole nitrogens is 3. The van der Waals surface area contributed by atoms with Crippen molar-refractivity contribution < 1.29 is 26.3 Å². The second-order valence-corrected chi connectivity index (χ2v) is 10.1. The average Bonchev–Trinajstić information content (AvgIpc) is 3.35. The number of ether oxygens (including phenoxy) is 1. The Labute approximate surface area is 210 Å². The summed E-state index contributed by atoms with van der Waals surface area (Å²) in [5.41, 5.74) is -4.13. The first kappa shape index (κ1) is 26.9. The van der Waals surface area contributed by atoms with Gasteiger partial charge in [0, 0.05) is 6.61 Å². The molecule has 16 heteroatoms. The second kappa shape index (κ2) is 9.94. The molecule has 2 aromatic carbocycles. The van der Waals surface area contributed by atoms with Crippen molar-refractivity contribution in [3.05, 3.63) is 89.2 Å². The molecule has 0 spiro atoms. The second-order valence-electron chi connectivity index (χ2n) is 8.37. The van der Waals surface area contributed by atoms with E-state index < -0.39 is 44.8 Å². The first-order valence-corrected chi connectivity index (χ1v) is 12.8. The smallest absolute Gasteiger partial charge is 0.374 e. The molecular weight excluding hydrogens is 535 g/mol. The van der Waals surface area contributed by atoms with Crippen LogP contribution in [-0.4, -0.2) is 40.9 Å². The van der Waals surface area contributed by atoms with Gasteiger partial charge in [-0.15, -0.1) is 0 Å². The molecule has 2 aromatic heterocycles. The fourth-order valence-corrected chi connectivity index (χ4v) is 4.48. The van der Waals surface area contributed by atoms with Gasteiger partial charge < -0.3 is 14.7 Å². The molecule has 4 aromatic rings. The summed E-state index contributed by atoms with van der Waals surface area (Å²) in [5.74, 6) is 0. The van der Waals surface area contributed by atoms with E-state index >= 15 is 0 Å². The van der Waals surface area contributed by atoms with Crippen LogP contribution in [0.2, 0.25) is 0 Å². The van der Waals surface area contributed by atoms with Crippen LogP contribution in [-0.2, 0) is 20.9 Å². The van der Waals surface area contributed by atoms with Crippen molar-refractivity contribution in [1.82, 2.24) is 19.6 Å². The number of aromatic amines is 3.